The summed E-state index contributed by atoms with van der Waals surface area (Å²) >= 11 is 0. The summed E-state index contributed by atoms with van der Waals surface area (Å²) in [7, 11) is 2.97. The number of carbonyl (C=O) groups excluding carboxylic acids is 2. The van der Waals surface area contributed by atoms with Crippen LogP contribution in [0.3, 0.4) is 0 Å². The Morgan fingerprint density at radius 2 is 1.76 bits per heavy atom. The van der Waals surface area contributed by atoms with Gasteiger partial charge in [-0.25, -0.2) is 0 Å². The summed E-state index contributed by atoms with van der Waals surface area (Å²) in [6.07, 6.45) is 0.502. The molecule has 1 aliphatic rings. The molecular formula is C30H31NO7. The number of ether oxygens (including phenoxy) is 3. The number of benzene rings is 3. The van der Waals surface area contributed by atoms with E-state index in [1.165, 1.54) is 18.1 Å². The molecule has 3 aromatic carbocycles. The van der Waals surface area contributed by atoms with Gasteiger partial charge in [0.15, 0.2) is 11.5 Å². The van der Waals surface area contributed by atoms with E-state index in [4.69, 9.17) is 14.2 Å². The van der Waals surface area contributed by atoms with Crippen molar-refractivity contribution in [1.29, 1.82) is 0 Å². The van der Waals surface area contributed by atoms with Gasteiger partial charge in [-0.3, -0.25) is 9.59 Å². The third kappa shape index (κ3) is 5.65. The van der Waals surface area contributed by atoms with Gasteiger partial charge in [-0.1, -0.05) is 35.9 Å². The van der Waals surface area contributed by atoms with E-state index in [-0.39, 0.29) is 29.4 Å². The first kappa shape index (κ1) is 26.8. The molecule has 1 saturated heterocycles. The molecule has 0 bridgehead atoms. The summed E-state index contributed by atoms with van der Waals surface area (Å²) in [5.74, 6) is -1.06. The lowest BCUT2D eigenvalue weighted by molar-refractivity contribution is -0.140. The number of hydrogen-bond acceptors (Lipinski definition) is 7. The van der Waals surface area contributed by atoms with E-state index in [9.17, 15) is 19.8 Å². The van der Waals surface area contributed by atoms with Crippen molar-refractivity contribution < 1.29 is 34.0 Å². The van der Waals surface area contributed by atoms with Gasteiger partial charge in [0.1, 0.15) is 18.1 Å². The monoisotopic (exact) mass is 517 g/mol. The third-order valence-electron chi connectivity index (χ3n) is 6.42. The van der Waals surface area contributed by atoms with Crippen LogP contribution < -0.4 is 9.47 Å². The average molecular weight is 518 g/mol. The lowest BCUT2D eigenvalue weighted by atomic mass is 9.95. The van der Waals surface area contributed by atoms with E-state index in [0.717, 1.165) is 11.1 Å². The van der Waals surface area contributed by atoms with Crippen LogP contribution in [0, 0.1) is 6.92 Å². The number of phenolic OH excluding ortho intramolecular Hbond substituents is 1. The molecule has 1 unspecified atom stereocenters. The summed E-state index contributed by atoms with van der Waals surface area (Å²) in [6.45, 7) is 3.06. The maximum Gasteiger partial charge on any atom is 0.295 e. The minimum Gasteiger partial charge on any atom is -0.507 e. The second-order valence-electron chi connectivity index (χ2n) is 9.07. The minimum atomic E-state index is -0.862. The largest absolute Gasteiger partial charge is 0.507 e. The van der Waals surface area contributed by atoms with Gasteiger partial charge in [0.25, 0.3) is 11.7 Å². The number of likely N-dealkylation sites (tertiary alicyclic amines) is 1. The predicted octanol–water partition coefficient (Wildman–Crippen LogP) is 4.75. The van der Waals surface area contributed by atoms with Crippen LogP contribution in [0.15, 0.2) is 72.3 Å². The Labute approximate surface area is 221 Å². The van der Waals surface area contributed by atoms with Crippen LogP contribution in [0.4, 0.5) is 0 Å². The first-order chi connectivity index (χ1) is 18.3. The maximum absolute atomic E-state index is 13.2. The lowest BCUT2D eigenvalue weighted by Crippen LogP contribution is -2.31. The highest BCUT2D eigenvalue weighted by molar-refractivity contribution is 6.46. The van der Waals surface area contributed by atoms with Crippen LogP contribution in [0.2, 0.25) is 0 Å². The molecule has 3 aromatic rings. The number of nitrogens with zero attached hydrogens (tertiary/aromatic N) is 1. The van der Waals surface area contributed by atoms with Crippen LogP contribution >= 0.6 is 0 Å². The maximum atomic E-state index is 13.2. The van der Waals surface area contributed by atoms with Crippen molar-refractivity contribution in [2.75, 3.05) is 27.4 Å². The number of aryl methyl sites for hydroxylation is 1. The number of aromatic hydroxyl groups is 1. The highest BCUT2D eigenvalue weighted by atomic mass is 16.5. The van der Waals surface area contributed by atoms with Gasteiger partial charge in [-0.05, 0) is 60.9 Å². The predicted molar refractivity (Wildman–Crippen MR) is 142 cm³/mol. The normalized spacial score (nSPS) is 16.6. The summed E-state index contributed by atoms with van der Waals surface area (Å²) in [4.78, 5) is 27.6. The van der Waals surface area contributed by atoms with Crippen molar-refractivity contribution >= 4 is 17.4 Å². The molecule has 1 heterocycles. The number of methoxy groups -OCH3 is 2. The van der Waals surface area contributed by atoms with Crippen molar-refractivity contribution in [2.45, 2.75) is 26.0 Å². The van der Waals surface area contributed by atoms with Gasteiger partial charge in [-0.15, -0.1) is 0 Å². The fourth-order valence-electron chi connectivity index (χ4n) is 4.53. The van der Waals surface area contributed by atoms with Gasteiger partial charge in [0.05, 0.1) is 18.7 Å². The smallest absolute Gasteiger partial charge is 0.295 e. The van der Waals surface area contributed by atoms with Gasteiger partial charge in [-0.2, -0.15) is 0 Å². The first-order valence-electron chi connectivity index (χ1n) is 12.3. The number of amides is 1. The number of ketones is 1. The molecule has 0 aliphatic carbocycles. The molecule has 0 radical (unpaired) electrons. The molecule has 0 aromatic heterocycles. The Balaban J connectivity index is 1.66. The van der Waals surface area contributed by atoms with Crippen LogP contribution in [-0.2, 0) is 20.9 Å². The first-order valence-corrected chi connectivity index (χ1v) is 12.3. The fraction of sp³-hybridized carbons (Fsp3) is 0.267. The molecule has 38 heavy (non-hydrogen) atoms. The third-order valence-corrected chi connectivity index (χ3v) is 6.42. The van der Waals surface area contributed by atoms with Crippen molar-refractivity contribution in [2.24, 2.45) is 0 Å². The van der Waals surface area contributed by atoms with Crippen molar-refractivity contribution in [3.8, 4) is 17.2 Å². The summed E-state index contributed by atoms with van der Waals surface area (Å²) in [5, 5.41) is 21.3. The van der Waals surface area contributed by atoms with Gasteiger partial charge < -0.3 is 29.3 Å². The van der Waals surface area contributed by atoms with E-state index in [1.54, 1.807) is 43.5 Å². The van der Waals surface area contributed by atoms with E-state index in [0.29, 0.717) is 36.5 Å². The van der Waals surface area contributed by atoms with E-state index >= 15 is 0 Å². The van der Waals surface area contributed by atoms with Crippen LogP contribution in [0.1, 0.15) is 34.7 Å². The number of aliphatic hydroxyl groups excluding tert-OH is 1. The van der Waals surface area contributed by atoms with Crippen LogP contribution in [0.5, 0.6) is 17.2 Å². The Bertz CT molecular complexity index is 1350. The second-order valence-corrected chi connectivity index (χ2v) is 9.07. The van der Waals surface area contributed by atoms with Gasteiger partial charge in [0.2, 0.25) is 0 Å². The minimum absolute atomic E-state index is 0.0337. The quantitative estimate of drug-likeness (QED) is 0.173. The zero-order valence-electron chi connectivity index (χ0n) is 21.6. The SMILES string of the molecule is COCCCN1C(=O)C(=O)/C(=C(/O)c2ccc(OCc3cccc(C)c3)cc2)C1c1ccc(O)c(OC)c1. The van der Waals surface area contributed by atoms with E-state index in [1.807, 2.05) is 31.2 Å². The number of hydrogen-bond donors (Lipinski definition) is 2. The Morgan fingerprint density at radius 1 is 1.00 bits per heavy atom. The molecule has 8 heteroatoms. The van der Waals surface area contributed by atoms with Crippen LogP contribution in [-0.4, -0.2) is 54.2 Å². The fourth-order valence-corrected chi connectivity index (χ4v) is 4.53. The summed E-state index contributed by atoms with van der Waals surface area (Å²) in [5.41, 5.74) is 3.05. The molecular weight excluding hydrogens is 486 g/mol. The summed E-state index contributed by atoms with van der Waals surface area (Å²) in [6, 6.07) is 18.5. The topological polar surface area (TPSA) is 106 Å². The molecule has 8 nitrogen and oxygen atoms in total. The van der Waals surface area contributed by atoms with E-state index < -0.39 is 17.7 Å². The van der Waals surface area contributed by atoms with Crippen LogP contribution in [0.25, 0.3) is 5.76 Å². The number of carbonyl (C=O) groups is 2. The molecule has 4 rings (SSSR count). The number of Topliss-reactive ketones (excluding diaryl/α,β-unsaturated/α-hetero) is 1. The number of rotatable bonds is 10. The van der Waals surface area contributed by atoms with Gasteiger partial charge >= 0.3 is 0 Å². The standard InChI is InChI=1S/C30H31NO7/c1-19-6-4-7-20(16-19)18-38-23-11-8-21(9-12-23)28(33)26-27(22-10-13-24(32)25(17-22)37-3)31(14-5-15-36-2)30(35)29(26)34/h4,6-13,16-17,27,32-33H,5,14-15,18H2,1-3H3/b28-26+. The second kappa shape index (κ2) is 11.8. The van der Waals surface area contributed by atoms with Crippen molar-refractivity contribution in [3.05, 3.63) is 94.6 Å². The highest BCUT2D eigenvalue weighted by Gasteiger charge is 2.46. The van der Waals surface area contributed by atoms with E-state index in [2.05, 4.69) is 0 Å². The Hall–Kier alpha value is -4.30. The molecule has 0 saturated carbocycles. The number of phenols is 1. The number of aliphatic hydroxyl groups is 1. The molecule has 2 N–H and O–H groups in total. The molecule has 1 aliphatic heterocycles. The van der Waals surface area contributed by atoms with Crippen molar-refractivity contribution in [3.63, 3.8) is 0 Å². The lowest BCUT2D eigenvalue weighted by Gasteiger charge is -2.25. The zero-order chi connectivity index (χ0) is 27.2. The molecule has 1 atom stereocenters. The average Bonchev–Trinajstić information content (AvgIpc) is 3.17. The van der Waals surface area contributed by atoms with Gasteiger partial charge in [0, 0.05) is 25.8 Å². The zero-order valence-corrected chi connectivity index (χ0v) is 21.6. The molecule has 0 spiro atoms. The Kier molecular flexibility index (Phi) is 8.33. The molecule has 1 amide bonds. The molecule has 1 fully saturated rings. The molecule has 198 valence electrons. The van der Waals surface area contributed by atoms with Crippen molar-refractivity contribution in [1.82, 2.24) is 4.90 Å². The Morgan fingerprint density at radius 3 is 2.45 bits per heavy atom. The highest BCUT2D eigenvalue weighted by Crippen LogP contribution is 2.42. The summed E-state index contributed by atoms with van der Waals surface area (Å²) < 4.78 is 16.2.